The van der Waals surface area contributed by atoms with Gasteiger partial charge in [-0.05, 0) is 61.9 Å². The molecule has 2 aromatic carbocycles. The predicted octanol–water partition coefficient (Wildman–Crippen LogP) is 5.58. The van der Waals surface area contributed by atoms with Crippen LogP contribution in [0.5, 0.6) is 11.6 Å². The lowest BCUT2D eigenvalue weighted by Gasteiger charge is -2.23. The van der Waals surface area contributed by atoms with Crippen molar-refractivity contribution in [1.82, 2.24) is 20.3 Å². The first-order chi connectivity index (χ1) is 17.6. The minimum absolute atomic E-state index is 0.268. The van der Waals surface area contributed by atoms with Gasteiger partial charge in [-0.15, -0.1) is 0 Å². The van der Waals surface area contributed by atoms with Crippen LogP contribution in [-0.2, 0) is 0 Å². The number of carbonyl (C=O) groups excluding carboxylic acids is 1. The molecule has 1 fully saturated rings. The molecule has 3 heterocycles. The highest BCUT2D eigenvalue weighted by molar-refractivity contribution is 5.99. The number of hydrogen-bond acceptors (Lipinski definition) is 6. The van der Waals surface area contributed by atoms with Crippen molar-refractivity contribution in [3.8, 4) is 23.0 Å². The number of pyridine rings is 1. The fourth-order valence-electron chi connectivity index (χ4n) is 4.06. The Morgan fingerprint density at radius 1 is 0.972 bits per heavy atom. The van der Waals surface area contributed by atoms with Crippen LogP contribution in [0.1, 0.15) is 24.5 Å². The van der Waals surface area contributed by atoms with Gasteiger partial charge in [0.25, 0.3) is 0 Å². The number of hydrogen-bond donors (Lipinski definition) is 3. The maximum absolute atomic E-state index is 13.4. The molecule has 0 radical (unpaired) electrons. The van der Waals surface area contributed by atoms with Crippen molar-refractivity contribution in [3.63, 3.8) is 0 Å². The summed E-state index contributed by atoms with van der Waals surface area (Å²) in [6, 6.07) is 17.8. The third kappa shape index (κ3) is 6.00. The number of halogens is 1. The summed E-state index contributed by atoms with van der Waals surface area (Å²) in [7, 11) is 0. The molecule has 182 valence electrons. The number of urea groups is 1. The highest BCUT2D eigenvalue weighted by Gasteiger charge is 2.19. The molecule has 8 nitrogen and oxygen atoms in total. The Hall–Kier alpha value is -4.37. The summed E-state index contributed by atoms with van der Waals surface area (Å²) in [5.74, 6) is 1.33. The highest BCUT2D eigenvalue weighted by atomic mass is 19.1. The number of carbonyl (C=O) groups is 1. The van der Waals surface area contributed by atoms with Gasteiger partial charge in [0, 0.05) is 53.9 Å². The molecule has 1 aliphatic heterocycles. The molecule has 4 aromatic rings. The molecule has 9 heteroatoms. The average molecular weight is 485 g/mol. The Bertz CT molecular complexity index is 1350. The van der Waals surface area contributed by atoms with Crippen LogP contribution in [0, 0.1) is 5.82 Å². The van der Waals surface area contributed by atoms with Crippen LogP contribution in [-0.4, -0.2) is 34.1 Å². The molecule has 0 aliphatic carbocycles. The summed E-state index contributed by atoms with van der Waals surface area (Å²) in [5, 5.41) is 8.77. The van der Waals surface area contributed by atoms with Crippen molar-refractivity contribution in [1.29, 1.82) is 0 Å². The zero-order valence-corrected chi connectivity index (χ0v) is 19.4. The standard InChI is InChI=1S/C27H25FN6O2/c28-20-5-1-6-21(14-20)31-27(35)32-22-7-2-8-23(15-22)36-25-16-24(19-4-3-11-30-17-19)33-26(34-25)18-9-12-29-13-10-18/h1-2,5-10,12-16,19,30H,3-4,11,17H2,(H2,31,32,35)/t19-/m1/s1. The third-order valence-corrected chi connectivity index (χ3v) is 5.77. The van der Waals surface area contributed by atoms with E-state index in [1.54, 1.807) is 42.7 Å². The lowest BCUT2D eigenvalue weighted by Crippen LogP contribution is -2.29. The summed E-state index contributed by atoms with van der Waals surface area (Å²) >= 11 is 0. The maximum atomic E-state index is 13.4. The number of benzene rings is 2. The number of ether oxygens (including phenoxy) is 1. The van der Waals surface area contributed by atoms with Gasteiger partial charge in [-0.1, -0.05) is 12.1 Å². The predicted molar refractivity (Wildman–Crippen MR) is 136 cm³/mol. The number of aromatic nitrogens is 3. The van der Waals surface area contributed by atoms with Crippen LogP contribution in [0.4, 0.5) is 20.6 Å². The number of amides is 2. The molecule has 1 aliphatic rings. The second-order valence-corrected chi connectivity index (χ2v) is 8.45. The summed E-state index contributed by atoms with van der Waals surface area (Å²) < 4.78 is 19.5. The molecule has 0 bridgehead atoms. The second kappa shape index (κ2) is 10.9. The van der Waals surface area contributed by atoms with Gasteiger partial charge >= 0.3 is 6.03 Å². The van der Waals surface area contributed by atoms with Gasteiger partial charge in [0.05, 0.1) is 5.69 Å². The fourth-order valence-corrected chi connectivity index (χ4v) is 4.06. The molecule has 3 N–H and O–H groups in total. The summed E-state index contributed by atoms with van der Waals surface area (Å²) in [5.41, 5.74) is 2.64. The second-order valence-electron chi connectivity index (χ2n) is 8.45. The molecular formula is C27H25FN6O2. The van der Waals surface area contributed by atoms with Gasteiger partial charge in [0.2, 0.25) is 5.88 Å². The minimum Gasteiger partial charge on any atom is -0.439 e. The number of nitrogens with one attached hydrogen (secondary N) is 3. The lowest BCUT2D eigenvalue weighted by molar-refractivity contribution is 0.262. The number of anilines is 2. The SMILES string of the molecule is O=C(Nc1cccc(F)c1)Nc1cccc(Oc2cc([C@@H]3CCCNC3)nc(-c3ccncc3)n2)c1. The van der Waals surface area contributed by atoms with E-state index < -0.39 is 11.8 Å². The van der Waals surface area contributed by atoms with Gasteiger partial charge in [-0.25, -0.2) is 14.2 Å². The van der Waals surface area contributed by atoms with E-state index in [9.17, 15) is 9.18 Å². The van der Waals surface area contributed by atoms with E-state index in [2.05, 4.69) is 25.9 Å². The van der Waals surface area contributed by atoms with E-state index in [1.165, 1.54) is 18.2 Å². The Kier molecular flexibility index (Phi) is 7.09. The Balaban J connectivity index is 1.35. The Morgan fingerprint density at radius 2 is 1.75 bits per heavy atom. The number of rotatable bonds is 6. The number of piperidine rings is 1. The molecule has 0 unspecified atom stereocenters. The van der Waals surface area contributed by atoms with E-state index >= 15 is 0 Å². The lowest BCUT2D eigenvalue weighted by atomic mass is 9.96. The van der Waals surface area contributed by atoms with Crippen molar-refractivity contribution in [2.24, 2.45) is 0 Å². The minimum atomic E-state index is -0.494. The number of nitrogens with zero attached hydrogens (tertiary/aromatic N) is 3. The summed E-state index contributed by atoms with van der Waals surface area (Å²) in [4.78, 5) is 25.9. The van der Waals surface area contributed by atoms with Gasteiger partial charge < -0.3 is 20.7 Å². The molecule has 0 spiro atoms. The van der Waals surface area contributed by atoms with Crippen molar-refractivity contribution in [3.05, 3.63) is 90.6 Å². The first kappa shape index (κ1) is 23.4. The maximum Gasteiger partial charge on any atom is 0.323 e. The van der Waals surface area contributed by atoms with E-state index in [0.717, 1.165) is 37.2 Å². The first-order valence-corrected chi connectivity index (χ1v) is 11.7. The zero-order valence-electron chi connectivity index (χ0n) is 19.4. The van der Waals surface area contributed by atoms with Crippen LogP contribution in [0.2, 0.25) is 0 Å². The zero-order chi connectivity index (χ0) is 24.7. The molecular weight excluding hydrogens is 459 g/mol. The molecule has 36 heavy (non-hydrogen) atoms. The van der Waals surface area contributed by atoms with Crippen molar-refractivity contribution in [2.45, 2.75) is 18.8 Å². The van der Waals surface area contributed by atoms with Gasteiger partial charge in [-0.2, -0.15) is 4.98 Å². The van der Waals surface area contributed by atoms with Crippen LogP contribution in [0.25, 0.3) is 11.4 Å². The van der Waals surface area contributed by atoms with Crippen molar-refractivity contribution < 1.29 is 13.9 Å². The van der Waals surface area contributed by atoms with Gasteiger partial charge in [-0.3, -0.25) is 4.98 Å². The topological polar surface area (TPSA) is 101 Å². The first-order valence-electron chi connectivity index (χ1n) is 11.7. The van der Waals surface area contributed by atoms with Crippen LogP contribution >= 0.6 is 0 Å². The largest absolute Gasteiger partial charge is 0.439 e. The van der Waals surface area contributed by atoms with E-state index in [0.29, 0.717) is 28.8 Å². The normalized spacial score (nSPS) is 15.2. The Labute approximate surface area is 208 Å². The van der Waals surface area contributed by atoms with Gasteiger partial charge in [0.1, 0.15) is 11.6 Å². The third-order valence-electron chi connectivity index (χ3n) is 5.77. The quantitative estimate of drug-likeness (QED) is 0.330. The van der Waals surface area contributed by atoms with Crippen LogP contribution < -0.4 is 20.7 Å². The highest BCUT2D eigenvalue weighted by Crippen LogP contribution is 2.30. The van der Waals surface area contributed by atoms with Crippen LogP contribution in [0.3, 0.4) is 0 Å². The molecule has 0 saturated carbocycles. The fraction of sp³-hybridized carbons (Fsp3) is 0.185. The Morgan fingerprint density at radius 3 is 2.50 bits per heavy atom. The average Bonchev–Trinajstić information content (AvgIpc) is 2.90. The van der Waals surface area contributed by atoms with E-state index in [4.69, 9.17) is 9.72 Å². The van der Waals surface area contributed by atoms with Crippen LogP contribution in [0.15, 0.2) is 79.1 Å². The molecule has 1 atom stereocenters. The molecule has 2 aromatic heterocycles. The molecule has 5 rings (SSSR count). The smallest absolute Gasteiger partial charge is 0.323 e. The van der Waals surface area contributed by atoms with Gasteiger partial charge in [0.15, 0.2) is 5.82 Å². The molecule has 2 amide bonds. The van der Waals surface area contributed by atoms with E-state index in [-0.39, 0.29) is 5.92 Å². The van der Waals surface area contributed by atoms with Crippen molar-refractivity contribution in [2.75, 3.05) is 23.7 Å². The summed E-state index contributed by atoms with van der Waals surface area (Å²) in [6.07, 6.45) is 5.54. The van der Waals surface area contributed by atoms with Crippen molar-refractivity contribution >= 4 is 17.4 Å². The van der Waals surface area contributed by atoms with E-state index in [1.807, 2.05) is 18.2 Å². The summed E-state index contributed by atoms with van der Waals surface area (Å²) in [6.45, 7) is 1.86. The monoisotopic (exact) mass is 484 g/mol. The molecule has 1 saturated heterocycles.